The number of aliphatic hydroxyl groups is 2. The highest BCUT2D eigenvalue weighted by Crippen LogP contribution is 2.46. The number of hydrogen-bond acceptors (Lipinski definition) is 6. The van der Waals surface area contributed by atoms with Crippen LogP contribution in [0.3, 0.4) is 0 Å². The molecule has 160 valence electrons. The van der Waals surface area contributed by atoms with Crippen LogP contribution in [0.4, 0.5) is 19.0 Å². The Balaban J connectivity index is 1.72. The van der Waals surface area contributed by atoms with E-state index in [4.69, 9.17) is 10.5 Å². The Morgan fingerprint density at radius 3 is 2.77 bits per heavy atom. The highest BCUT2D eigenvalue weighted by atomic mass is 19.3. The van der Waals surface area contributed by atoms with Crippen LogP contribution in [-0.2, 0) is 10.3 Å². The summed E-state index contributed by atoms with van der Waals surface area (Å²) >= 11 is 0. The summed E-state index contributed by atoms with van der Waals surface area (Å²) in [6, 6.07) is 4.38. The summed E-state index contributed by atoms with van der Waals surface area (Å²) in [5.41, 5.74) is 2.14. The van der Waals surface area contributed by atoms with Gasteiger partial charge in [-0.2, -0.15) is 0 Å². The number of nitrogen functional groups attached to an aromatic ring is 1. The number of nitrogens with two attached hydrogens (primary N) is 1. The molecule has 0 spiro atoms. The summed E-state index contributed by atoms with van der Waals surface area (Å²) in [6.45, 7) is 2.76. The maximum atomic E-state index is 13.9. The third-order valence-corrected chi connectivity index (χ3v) is 5.56. The first kappa shape index (κ1) is 20.6. The Hall–Kier alpha value is -2.69. The molecule has 1 aliphatic heterocycles. The fourth-order valence-electron chi connectivity index (χ4n) is 4.12. The number of hydrogen-bond donors (Lipinski definition) is 3. The standard InChI is InChI=1S/C20H21F3N4O3/c1-19(28)8-14(27-4-3-13-16(24)25-9-26-17(13)27)30-18(19)20(2,29)11-5-10(15(22)23)6-12(21)7-11/h3-7,9,14-15,18,28-29H,8H2,1-2H3,(H2,24,25,26)/t14-,18+,19+,20-/m1/s1. The normalized spacial score (nSPS) is 26.4. The highest BCUT2D eigenvalue weighted by Gasteiger charge is 2.54. The first-order chi connectivity index (χ1) is 14.0. The molecule has 1 aromatic carbocycles. The average molecular weight is 422 g/mol. The number of fused-ring (bicyclic) bond motifs is 1. The van der Waals surface area contributed by atoms with Crippen molar-refractivity contribution in [2.75, 3.05) is 5.73 Å². The van der Waals surface area contributed by atoms with Crippen LogP contribution in [0.25, 0.3) is 11.0 Å². The zero-order chi connectivity index (χ0) is 21.8. The number of aromatic nitrogens is 3. The molecule has 3 heterocycles. The lowest BCUT2D eigenvalue weighted by atomic mass is 9.80. The van der Waals surface area contributed by atoms with Crippen molar-refractivity contribution >= 4 is 16.9 Å². The molecule has 4 atom stereocenters. The van der Waals surface area contributed by atoms with Crippen molar-refractivity contribution in [3.05, 3.63) is 53.7 Å². The summed E-state index contributed by atoms with van der Waals surface area (Å²) < 4.78 is 47.8. The van der Waals surface area contributed by atoms with Crippen LogP contribution in [0.15, 0.2) is 36.8 Å². The number of ether oxygens (including phenoxy) is 1. The lowest BCUT2D eigenvalue weighted by Crippen LogP contribution is -2.49. The predicted octanol–water partition coefficient (Wildman–Crippen LogP) is 3.04. The van der Waals surface area contributed by atoms with E-state index >= 15 is 0 Å². The van der Waals surface area contributed by atoms with Gasteiger partial charge in [0, 0.05) is 18.2 Å². The third kappa shape index (κ3) is 3.30. The largest absolute Gasteiger partial charge is 0.387 e. The number of anilines is 1. The SMILES string of the molecule is C[C@]1(O)C[C@H](n2ccc3c(N)ncnc32)O[C@@H]1[C@](C)(O)c1cc(F)cc(C(F)F)c1. The van der Waals surface area contributed by atoms with Gasteiger partial charge in [0.25, 0.3) is 6.43 Å². The quantitative estimate of drug-likeness (QED) is 0.597. The van der Waals surface area contributed by atoms with Crippen molar-refractivity contribution in [2.45, 2.75) is 50.2 Å². The zero-order valence-corrected chi connectivity index (χ0v) is 16.3. The van der Waals surface area contributed by atoms with Crippen LogP contribution < -0.4 is 5.73 Å². The summed E-state index contributed by atoms with van der Waals surface area (Å²) in [5.74, 6) is -0.632. The fourth-order valence-corrected chi connectivity index (χ4v) is 4.12. The van der Waals surface area contributed by atoms with Crippen molar-refractivity contribution in [1.29, 1.82) is 0 Å². The van der Waals surface area contributed by atoms with Gasteiger partial charge in [0.1, 0.15) is 41.5 Å². The molecule has 7 nitrogen and oxygen atoms in total. The number of nitrogens with zero attached hydrogens (tertiary/aromatic N) is 3. The number of benzene rings is 1. The van der Waals surface area contributed by atoms with Gasteiger partial charge in [-0.15, -0.1) is 0 Å². The lowest BCUT2D eigenvalue weighted by molar-refractivity contribution is -0.159. The van der Waals surface area contributed by atoms with Crippen LogP contribution in [0.2, 0.25) is 0 Å². The minimum Gasteiger partial charge on any atom is -0.387 e. The fraction of sp³-hybridized carbons (Fsp3) is 0.400. The second kappa shape index (κ2) is 6.93. The Labute approximate surface area is 169 Å². The van der Waals surface area contributed by atoms with Crippen molar-refractivity contribution in [1.82, 2.24) is 14.5 Å². The van der Waals surface area contributed by atoms with Gasteiger partial charge in [0.05, 0.1) is 11.0 Å². The van der Waals surface area contributed by atoms with E-state index in [1.54, 1.807) is 16.8 Å². The number of alkyl halides is 2. The van der Waals surface area contributed by atoms with E-state index in [-0.39, 0.29) is 17.8 Å². The molecule has 30 heavy (non-hydrogen) atoms. The molecule has 2 aromatic heterocycles. The Kier molecular flexibility index (Phi) is 4.75. The average Bonchev–Trinajstić information content (AvgIpc) is 3.22. The van der Waals surface area contributed by atoms with Crippen molar-refractivity contribution in [2.24, 2.45) is 0 Å². The van der Waals surface area contributed by atoms with E-state index in [0.29, 0.717) is 17.1 Å². The number of halogens is 3. The molecular weight excluding hydrogens is 401 g/mol. The van der Waals surface area contributed by atoms with Crippen LogP contribution in [0.5, 0.6) is 0 Å². The van der Waals surface area contributed by atoms with Gasteiger partial charge in [0.2, 0.25) is 0 Å². The first-order valence-corrected chi connectivity index (χ1v) is 9.27. The molecule has 10 heteroatoms. The van der Waals surface area contributed by atoms with E-state index in [1.165, 1.54) is 20.2 Å². The molecule has 0 amide bonds. The molecule has 3 aromatic rings. The molecule has 1 saturated heterocycles. The molecule has 4 N–H and O–H groups in total. The molecule has 0 unspecified atom stereocenters. The lowest BCUT2D eigenvalue weighted by Gasteiger charge is -2.36. The number of rotatable bonds is 4. The van der Waals surface area contributed by atoms with Gasteiger partial charge >= 0.3 is 0 Å². The molecule has 1 aliphatic rings. The zero-order valence-electron chi connectivity index (χ0n) is 16.3. The molecule has 0 bridgehead atoms. The Morgan fingerprint density at radius 2 is 2.07 bits per heavy atom. The third-order valence-electron chi connectivity index (χ3n) is 5.56. The molecular formula is C20H21F3N4O3. The highest BCUT2D eigenvalue weighted by molar-refractivity contribution is 5.86. The van der Waals surface area contributed by atoms with E-state index in [0.717, 1.165) is 12.1 Å². The first-order valence-electron chi connectivity index (χ1n) is 9.27. The van der Waals surface area contributed by atoms with Gasteiger partial charge < -0.3 is 25.3 Å². The predicted molar refractivity (Wildman–Crippen MR) is 102 cm³/mol. The molecule has 0 aliphatic carbocycles. The van der Waals surface area contributed by atoms with Crippen molar-refractivity contribution in [3.63, 3.8) is 0 Å². The monoisotopic (exact) mass is 422 g/mol. The topological polar surface area (TPSA) is 106 Å². The van der Waals surface area contributed by atoms with Gasteiger partial charge in [0.15, 0.2) is 0 Å². The summed E-state index contributed by atoms with van der Waals surface area (Å²) in [4.78, 5) is 8.12. The minimum atomic E-state index is -2.91. The van der Waals surface area contributed by atoms with Crippen LogP contribution in [-0.4, -0.2) is 36.5 Å². The van der Waals surface area contributed by atoms with Gasteiger partial charge in [-0.1, -0.05) is 0 Å². The smallest absolute Gasteiger partial charge is 0.263 e. The molecule has 0 radical (unpaired) electrons. The maximum absolute atomic E-state index is 13.9. The van der Waals surface area contributed by atoms with E-state index < -0.39 is 41.3 Å². The summed E-state index contributed by atoms with van der Waals surface area (Å²) in [7, 11) is 0. The molecule has 1 fully saturated rings. The Morgan fingerprint density at radius 1 is 1.33 bits per heavy atom. The van der Waals surface area contributed by atoms with Gasteiger partial charge in [-0.3, -0.25) is 0 Å². The molecule has 0 saturated carbocycles. The van der Waals surface area contributed by atoms with Crippen LogP contribution in [0, 0.1) is 5.82 Å². The van der Waals surface area contributed by atoms with Crippen molar-refractivity contribution < 1.29 is 28.1 Å². The molecule has 4 rings (SSSR count). The minimum absolute atomic E-state index is 0.0680. The Bertz CT molecular complexity index is 1100. The van der Waals surface area contributed by atoms with Gasteiger partial charge in [-0.25, -0.2) is 23.1 Å². The van der Waals surface area contributed by atoms with E-state index in [9.17, 15) is 23.4 Å². The maximum Gasteiger partial charge on any atom is 0.263 e. The van der Waals surface area contributed by atoms with E-state index in [1.807, 2.05) is 0 Å². The summed E-state index contributed by atoms with van der Waals surface area (Å²) in [5, 5.41) is 22.8. The second-order valence-corrected chi connectivity index (χ2v) is 7.97. The van der Waals surface area contributed by atoms with Crippen LogP contribution in [0.1, 0.15) is 44.0 Å². The summed E-state index contributed by atoms with van der Waals surface area (Å²) in [6.07, 6.45) is -1.84. The second-order valence-electron chi connectivity index (χ2n) is 7.97. The van der Waals surface area contributed by atoms with Gasteiger partial charge in [-0.05, 0) is 43.7 Å². The van der Waals surface area contributed by atoms with Crippen LogP contribution >= 0.6 is 0 Å². The van der Waals surface area contributed by atoms with E-state index in [2.05, 4.69) is 9.97 Å². The van der Waals surface area contributed by atoms with Crippen molar-refractivity contribution in [3.8, 4) is 0 Å².